The molecule has 0 radical (unpaired) electrons. The van der Waals surface area contributed by atoms with Gasteiger partial charge in [0.1, 0.15) is 4.21 Å². The Balaban J connectivity index is 1.73. The average molecular weight is 379 g/mol. The molecule has 1 aromatic carbocycles. The summed E-state index contributed by atoms with van der Waals surface area (Å²) in [6.07, 6.45) is 0. The Kier molecular flexibility index (Phi) is 4.81. The van der Waals surface area contributed by atoms with Crippen LogP contribution in [-0.4, -0.2) is 14.3 Å². The number of carbonyl (C=O) groups excluding carboxylic acids is 1. The van der Waals surface area contributed by atoms with Crippen LogP contribution in [0, 0.1) is 0 Å². The van der Waals surface area contributed by atoms with Gasteiger partial charge in [-0.2, -0.15) is 0 Å². The molecule has 0 saturated carbocycles. The van der Waals surface area contributed by atoms with Gasteiger partial charge in [0.15, 0.2) is 0 Å². The summed E-state index contributed by atoms with van der Waals surface area (Å²) in [6.45, 7) is 0.255. The Hall–Kier alpha value is -2.00. The molecule has 124 valence electrons. The fourth-order valence-electron chi connectivity index (χ4n) is 2.18. The number of hydrogen-bond donors (Lipinski definition) is 2. The number of nitrogens with two attached hydrogens (primary N) is 1. The van der Waals surface area contributed by atoms with E-state index in [0.29, 0.717) is 4.88 Å². The Bertz CT molecular complexity index is 959. The number of amides is 1. The fraction of sp³-hybridized carbons (Fsp3) is 0.0625. The molecule has 5 nitrogen and oxygen atoms in total. The Morgan fingerprint density at radius 3 is 2.50 bits per heavy atom. The van der Waals surface area contributed by atoms with Gasteiger partial charge in [0.05, 0.1) is 11.4 Å². The zero-order chi connectivity index (χ0) is 17.2. The number of rotatable bonds is 5. The molecule has 3 N–H and O–H groups in total. The first-order valence-electron chi connectivity index (χ1n) is 6.98. The lowest BCUT2D eigenvalue weighted by Gasteiger charge is -2.05. The lowest BCUT2D eigenvalue weighted by atomic mass is 10.1. The molecule has 0 aliphatic carbocycles. The zero-order valence-corrected chi connectivity index (χ0v) is 14.9. The predicted octanol–water partition coefficient (Wildman–Crippen LogP) is 3.05. The third kappa shape index (κ3) is 3.73. The standard InChI is InChI=1S/C16H14N2O3S3/c17-24(20,21)14-7-6-12(23-14)10-18-16(19)15-13(8-9-22-15)11-4-2-1-3-5-11/h1-9H,10H2,(H,18,19)(H2,17,20,21). The predicted molar refractivity (Wildman–Crippen MR) is 96.6 cm³/mol. The Morgan fingerprint density at radius 2 is 1.83 bits per heavy atom. The molecule has 24 heavy (non-hydrogen) atoms. The van der Waals surface area contributed by atoms with Crippen LogP contribution in [0.15, 0.2) is 58.1 Å². The smallest absolute Gasteiger partial charge is 0.262 e. The summed E-state index contributed by atoms with van der Waals surface area (Å²) in [5, 5.41) is 9.78. The molecule has 0 fully saturated rings. The van der Waals surface area contributed by atoms with Crippen LogP contribution in [0.2, 0.25) is 0 Å². The van der Waals surface area contributed by atoms with E-state index in [1.54, 1.807) is 6.07 Å². The second-order valence-corrected chi connectivity index (χ2v) is 8.85. The van der Waals surface area contributed by atoms with Gasteiger partial charge >= 0.3 is 0 Å². The van der Waals surface area contributed by atoms with Gasteiger partial charge in [-0.25, -0.2) is 13.6 Å². The van der Waals surface area contributed by atoms with Gasteiger partial charge in [-0.1, -0.05) is 30.3 Å². The van der Waals surface area contributed by atoms with Crippen molar-refractivity contribution in [1.29, 1.82) is 0 Å². The molecule has 8 heteroatoms. The summed E-state index contributed by atoms with van der Waals surface area (Å²) >= 11 is 2.43. The van der Waals surface area contributed by atoms with E-state index >= 15 is 0 Å². The number of thiophene rings is 2. The summed E-state index contributed by atoms with van der Waals surface area (Å²) in [7, 11) is -3.70. The molecule has 3 aromatic rings. The quantitative estimate of drug-likeness (QED) is 0.715. The van der Waals surface area contributed by atoms with Crippen molar-refractivity contribution in [2.24, 2.45) is 5.14 Å². The largest absolute Gasteiger partial charge is 0.346 e. The molecular formula is C16H14N2O3S3. The van der Waals surface area contributed by atoms with Crippen LogP contribution in [0.1, 0.15) is 14.5 Å². The van der Waals surface area contributed by atoms with Gasteiger partial charge in [-0.05, 0) is 29.1 Å². The van der Waals surface area contributed by atoms with Crippen LogP contribution in [0.4, 0.5) is 0 Å². The summed E-state index contributed by atoms with van der Waals surface area (Å²) in [6, 6.07) is 14.7. The summed E-state index contributed by atoms with van der Waals surface area (Å²) in [5.41, 5.74) is 1.87. The first-order chi connectivity index (χ1) is 11.4. The third-order valence-electron chi connectivity index (χ3n) is 3.30. The van der Waals surface area contributed by atoms with Crippen LogP contribution in [0.5, 0.6) is 0 Å². The van der Waals surface area contributed by atoms with Gasteiger partial charge in [-0.3, -0.25) is 4.79 Å². The van der Waals surface area contributed by atoms with Crippen LogP contribution in [-0.2, 0) is 16.6 Å². The number of hydrogen-bond acceptors (Lipinski definition) is 5. The highest BCUT2D eigenvalue weighted by Crippen LogP contribution is 2.28. The molecule has 1 amide bonds. The van der Waals surface area contributed by atoms with Crippen LogP contribution < -0.4 is 10.5 Å². The fourth-order valence-corrected chi connectivity index (χ4v) is 4.73. The molecule has 0 aliphatic rings. The van der Waals surface area contributed by atoms with Crippen molar-refractivity contribution in [2.45, 2.75) is 10.8 Å². The van der Waals surface area contributed by atoms with Crippen molar-refractivity contribution in [3.8, 4) is 11.1 Å². The first-order valence-corrected chi connectivity index (χ1v) is 10.2. The number of benzene rings is 1. The second-order valence-electron chi connectivity index (χ2n) is 4.98. The van der Waals surface area contributed by atoms with Crippen molar-refractivity contribution in [2.75, 3.05) is 0 Å². The van der Waals surface area contributed by atoms with Crippen molar-refractivity contribution in [3.63, 3.8) is 0 Å². The molecule has 0 spiro atoms. The maximum atomic E-state index is 12.4. The SMILES string of the molecule is NS(=O)(=O)c1ccc(CNC(=O)c2sccc2-c2ccccc2)s1. The minimum Gasteiger partial charge on any atom is -0.346 e. The molecule has 2 heterocycles. The highest BCUT2D eigenvalue weighted by atomic mass is 32.2. The Labute approximate surface area is 147 Å². The van der Waals surface area contributed by atoms with Crippen LogP contribution >= 0.6 is 22.7 Å². The van der Waals surface area contributed by atoms with Crippen LogP contribution in [0.3, 0.4) is 0 Å². The van der Waals surface area contributed by atoms with Crippen molar-refractivity contribution in [3.05, 3.63) is 63.7 Å². The highest BCUT2D eigenvalue weighted by molar-refractivity contribution is 7.91. The number of primary sulfonamides is 1. The normalized spacial score (nSPS) is 11.4. The van der Waals surface area contributed by atoms with Crippen molar-refractivity contribution >= 4 is 38.6 Å². The third-order valence-corrected chi connectivity index (χ3v) is 6.73. The number of sulfonamides is 1. The maximum Gasteiger partial charge on any atom is 0.262 e. The van der Waals surface area contributed by atoms with Crippen LogP contribution in [0.25, 0.3) is 11.1 Å². The average Bonchev–Trinajstić information content (AvgIpc) is 3.22. The molecular weight excluding hydrogens is 364 g/mol. The van der Waals surface area contributed by atoms with Gasteiger partial charge in [-0.15, -0.1) is 22.7 Å². The summed E-state index contributed by atoms with van der Waals surface area (Å²) < 4.78 is 22.6. The van der Waals surface area contributed by atoms with Crippen molar-refractivity contribution in [1.82, 2.24) is 5.32 Å². The van der Waals surface area contributed by atoms with E-state index in [-0.39, 0.29) is 16.7 Å². The molecule has 3 rings (SSSR count). The molecule has 0 atom stereocenters. The Morgan fingerprint density at radius 1 is 1.08 bits per heavy atom. The summed E-state index contributed by atoms with van der Waals surface area (Å²) in [4.78, 5) is 13.8. The van der Waals surface area contributed by atoms with Gasteiger partial charge in [0.2, 0.25) is 10.0 Å². The lowest BCUT2D eigenvalue weighted by Crippen LogP contribution is -2.21. The van der Waals surface area contributed by atoms with E-state index in [4.69, 9.17) is 5.14 Å². The monoisotopic (exact) mass is 378 g/mol. The maximum absolute atomic E-state index is 12.4. The van der Waals surface area contributed by atoms with E-state index in [0.717, 1.165) is 27.3 Å². The molecule has 0 unspecified atom stereocenters. The molecule has 0 saturated heterocycles. The first kappa shape index (κ1) is 16.8. The highest BCUT2D eigenvalue weighted by Gasteiger charge is 2.15. The van der Waals surface area contributed by atoms with Gasteiger partial charge in [0.25, 0.3) is 5.91 Å². The second kappa shape index (κ2) is 6.86. The van der Waals surface area contributed by atoms with Gasteiger partial charge in [0, 0.05) is 10.4 Å². The molecule has 2 aromatic heterocycles. The van der Waals surface area contributed by atoms with E-state index in [9.17, 15) is 13.2 Å². The number of nitrogens with one attached hydrogen (secondary N) is 1. The minimum absolute atomic E-state index is 0.0906. The zero-order valence-electron chi connectivity index (χ0n) is 12.4. The lowest BCUT2D eigenvalue weighted by molar-refractivity contribution is 0.0956. The number of carbonyl (C=O) groups is 1. The minimum atomic E-state index is -3.70. The molecule has 0 bridgehead atoms. The molecule has 0 aliphatic heterocycles. The van der Waals surface area contributed by atoms with Crippen molar-refractivity contribution < 1.29 is 13.2 Å². The van der Waals surface area contributed by atoms with E-state index < -0.39 is 10.0 Å². The van der Waals surface area contributed by atoms with E-state index in [1.807, 2.05) is 41.8 Å². The van der Waals surface area contributed by atoms with E-state index in [2.05, 4.69) is 5.32 Å². The van der Waals surface area contributed by atoms with Gasteiger partial charge < -0.3 is 5.32 Å². The topological polar surface area (TPSA) is 89.3 Å². The van der Waals surface area contributed by atoms with E-state index in [1.165, 1.54) is 17.4 Å². The summed E-state index contributed by atoms with van der Waals surface area (Å²) in [5.74, 6) is -0.186.